The van der Waals surface area contributed by atoms with Crippen LogP contribution in [-0.2, 0) is 0 Å². The zero-order valence-corrected chi connectivity index (χ0v) is 13.9. The van der Waals surface area contributed by atoms with Gasteiger partial charge in [0, 0.05) is 4.88 Å². The number of thiophene rings is 1. The third kappa shape index (κ3) is 1.93. The van der Waals surface area contributed by atoms with Crippen LogP contribution in [0.1, 0.15) is 4.88 Å². The summed E-state index contributed by atoms with van der Waals surface area (Å²) in [6, 6.07) is 11.9. The van der Waals surface area contributed by atoms with Crippen LogP contribution in [0.5, 0.6) is 0 Å². The second kappa shape index (κ2) is 5.08. The molecule has 4 heterocycles. The van der Waals surface area contributed by atoms with Crippen LogP contribution in [0.3, 0.4) is 0 Å². The minimum Gasteiger partial charge on any atom is -0.281 e. The maximum absolute atomic E-state index is 8.43. The Hall–Kier alpha value is -2.84. The number of nitrogens with zero attached hydrogens (tertiary/aromatic N) is 5. The lowest BCUT2D eigenvalue weighted by Crippen LogP contribution is -2.16. The molecule has 24 heavy (non-hydrogen) atoms. The second-order valence-corrected chi connectivity index (χ2v) is 7.13. The van der Waals surface area contributed by atoms with Crippen molar-refractivity contribution in [3.8, 4) is 0 Å². The Bertz CT molecular complexity index is 1270. The largest absolute Gasteiger partial charge is 0.281 e. The van der Waals surface area contributed by atoms with E-state index in [1.54, 1.807) is 23.9 Å². The van der Waals surface area contributed by atoms with Gasteiger partial charge in [0.1, 0.15) is 11.0 Å². The summed E-state index contributed by atoms with van der Waals surface area (Å²) in [5.74, 6) is 0. The van der Waals surface area contributed by atoms with Gasteiger partial charge in [-0.3, -0.25) is 9.81 Å². The quantitative estimate of drug-likeness (QED) is 0.496. The van der Waals surface area contributed by atoms with E-state index in [4.69, 9.17) is 5.41 Å². The summed E-state index contributed by atoms with van der Waals surface area (Å²) in [6.07, 6.45) is 3.32. The van der Waals surface area contributed by atoms with Gasteiger partial charge in [0.05, 0.1) is 17.2 Å². The lowest BCUT2D eigenvalue weighted by Gasteiger charge is -1.99. The number of hydrogen-bond acceptors (Lipinski definition) is 6. The predicted octanol–water partition coefficient (Wildman–Crippen LogP) is 3.32. The van der Waals surface area contributed by atoms with Gasteiger partial charge in [-0.05, 0) is 23.6 Å². The first-order valence-corrected chi connectivity index (χ1v) is 8.91. The van der Waals surface area contributed by atoms with E-state index < -0.39 is 0 Å². The van der Waals surface area contributed by atoms with Gasteiger partial charge in [0.25, 0.3) is 0 Å². The molecule has 0 aliphatic rings. The summed E-state index contributed by atoms with van der Waals surface area (Å²) in [4.78, 5) is 11.0. The topological polar surface area (TPSA) is 71.3 Å². The maximum atomic E-state index is 8.43. The summed E-state index contributed by atoms with van der Waals surface area (Å²) < 4.78 is 4.26. The fourth-order valence-corrected chi connectivity index (χ4v) is 4.24. The number of rotatable bonds is 2. The summed E-state index contributed by atoms with van der Waals surface area (Å²) in [7, 11) is 0. The van der Waals surface area contributed by atoms with Crippen molar-refractivity contribution in [2.45, 2.75) is 0 Å². The summed E-state index contributed by atoms with van der Waals surface area (Å²) in [5.41, 5.74) is 3.00. The average molecular weight is 350 g/mol. The Labute approximate surface area is 143 Å². The third-order valence-electron chi connectivity index (χ3n) is 3.72. The van der Waals surface area contributed by atoms with Crippen molar-refractivity contribution in [1.29, 1.82) is 5.41 Å². The van der Waals surface area contributed by atoms with E-state index in [1.165, 1.54) is 16.0 Å². The summed E-state index contributed by atoms with van der Waals surface area (Å²) in [5, 5.41) is 14.8. The molecule has 0 aliphatic carbocycles. The summed E-state index contributed by atoms with van der Waals surface area (Å²) in [6.45, 7) is 0. The van der Waals surface area contributed by atoms with E-state index in [0.29, 0.717) is 5.49 Å². The number of hydrogen-bond donors (Lipinski definition) is 1. The van der Waals surface area contributed by atoms with Gasteiger partial charge in [-0.25, -0.2) is 14.6 Å². The zero-order valence-electron chi connectivity index (χ0n) is 12.2. The standard InChI is InChI=1S/C16H10N6S2/c17-14-13-15(18-9-21(14)19-8-10-4-3-7-23-10)22-12-6-2-1-5-11(12)20-16(22)24-13/h1-9,17H/b17-14?,19-8+. The Kier molecular flexibility index (Phi) is 2.88. The van der Waals surface area contributed by atoms with Gasteiger partial charge in [-0.1, -0.05) is 29.5 Å². The number of fused-ring (bicyclic) bond motifs is 5. The molecule has 116 valence electrons. The Balaban J connectivity index is 1.75. The minimum atomic E-state index is 0.312. The van der Waals surface area contributed by atoms with Crippen molar-refractivity contribution in [1.82, 2.24) is 19.0 Å². The van der Waals surface area contributed by atoms with Crippen LogP contribution in [0.15, 0.2) is 53.2 Å². The molecule has 0 radical (unpaired) electrons. The highest BCUT2D eigenvalue weighted by Crippen LogP contribution is 2.26. The monoisotopic (exact) mass is 350 g/mol. The molecule has 0 unspecified atom stereocenters. The number of aromatic nitrogens is 4. The lowest BCUT2D eigenvalue weighted by molar-refractivity contribution is 0.784. The van der Waals surface area contributed by atoms with Crippen LogP contribution < -0.4 is 5.49 Å². The van der Waals surface area contributed by atoms with Gasteiger partial charge in [-0.15, -0.1) is 11.3 Å². The van der Waals surface area contributed by atoms with Crippen LogP contribution in [0, 0.1) is 5.41 Å². The number of imidazole rings is 1. The van der Waals surface area contributed by atoms with E-state index >= 15 is 0 Å². The Morgan fingerprint density at radius 3 is 2.96 bits per heavy atom. The first-order chi connectivity index (χ1) is 11.8. The highest BCUT2D eigenvalue weighted by Gasteiger charge is 2.13. The molecule has 0 aliphatic heterocycles. The highest BCUT2D eigenvalue weighted by atomic mass is 32.1. The van der Waals surface area contributed by atoms with Crippen molar-refractivity contribution >= 4 is 55.2 Å². The molecule has 0 bridgehead atoms. The average Bonchev–Trinajstić information content (AvgIpc) is 3.29. The smallest absolute Gasteiger partial charge is 0.197 e. The lowest BCUT2D eigenvalue weighted by atomic mass is 10.3. The molecule has 4 aromatic heterocycles. The highest BCUT2D eigenvalue weighted by molar-refractivity contribution is 7.23. The first-order valence-electron chi connectivity index (χ1n) is 7.21. The molecule has 1 N–H and O–H groups in total. The van der Waals surface area contributed by atoms with Gasteiger partial charge >= 0.3 is 0 Å². The van der Waals surface area contributed by atoms with E-state index in [2.05, 4.69) is 15.1 Å². The van der Waals surface area contributed by atoms with Crippen molar-refractivity contribution in [2.24, 2.45) is 5.10 Å². The normalized spacial score (nSPS) is 12.2. The Morgan fingerprint density at radius 2 is 2.08 bits per heavy atom. The van der Waals surface area contributed by atoms with Gasteiger partial charge in [0.15, 0.2) is 16.1 Å². The number of benzene rings is 1. The molecular formula is C16H10N6S2. The van der Waals surface area contributed by atoms with Crippen molar-refractivity contribution in [2.75, 3.05) is 0 Å². The molecular weight excluding hydrogens is 340 g/mol. The molecule has 5 rings (SSSR count). The second-order valence-electron chi connectivity index (χ2n) is 5.17. The number of thiazole rings is 1. The molecule has 0 saturated carbocycles. The SMILES string of the molecule is N=c1c2sc3nc4ccccc4n3c2ncn1/N=C/c1cccs1. The number of nitrogens with one attached hydrogen (secondary N) is 1. The molecule has 6 nitrogen and oxygen atoms in total. The zero-order chi connectivity index (χ0) is 16.1. The maximum Gasteiger partial charge on any atom is 0.197 e. The molecule has 0 spiro atoms. The molecule has 8 heteroatoms. The first kappa shape index (κ1) is 13.6. The van der Waals surface area contributed by atoms with Crippen LogP contribution in [0.4, 0.5) is 0 Å². The molecule has 0 amide bonds. The molecule has 0 fully saturated rings. The van der Waals surface area contributed by atoms with E-state index in [-0.39, 0.29) is 0 Å². The Morgan fingerprint density at radius 1 is 1.17 bits per heavy atom. The van der Waals surface area contributed by atoms with Crippen LogP contribution in [0.2, 0.25) is 0 Å². The van der Waals surface area contributed by atoms with Gasteiger partial charge in [0.2, 0.25) is 0 Å². The fourth-order valence-electron chi connectivity index (χ4n) is 2.63. The van der Waals surface area contributed by atoms with E-state index in [1.807, 2.05) is 46.2 Å². The fraction of sp³-hybridized carbons (Fsp3) is 0. The van der Waals surface area contributed by atoms with E-state index in [9.17, 15) is 0 Å². The van der Waals surface area contributed by atoms with Crippen LogP contribution in [0.25, 0.3) is 26.3 Å². The minimum absolute atomic E-state index is 0.312. The van der Waals surface area contributed by atoms with Gasteiger partial charge < -0.3 is 0 Å². The summed E-state index contributed by atoms with van der Waals surface area (Å²) >= 11 is 3.06. The molecule has 1 aromatic carbocycles. The van der Waals surface area contributed by atoms with Crippen molar-refractivity contribution in [3.63, 3.8) is 0 Å². The van der Waals surface area contributed by atoms with Crippen molar-refractivity contribution < 1.29 is 0 Å². The molecule has 5 aromatic rings. The van der Waals surface area contributed by atoms with Crippen LogP contribution >= 0.6 is 22.7 Å². The predicted molar refractivity (Wildman–Crippen MR) is 97.0 cm³/mol. The van der Waals surface area contributed by atoms with Crippen molar-refractivity contribution in [3.05, 3.63) is 58.5 Å². The van der Waals surface area contributed by atoms with E-state index in [0.717, 1.165) is 31.2 Å². The molecule has 0 saturated heterocycles. The number of para-hydroxylation sites is 2. The molecule has 0 atom stereocenters. The van der Waals surface area contributed by atoms with Crippen LogP contribution in [-0.4, -0.2) is 25.3 Å². The van der Waals surface area contributed by atoms with Gasteiger partial charge in [-0.2, -0.15) is 5.10 Å². The third-order valence-corrected chi connectivity index (χ3v) is 5.57.